The van der Waals surface area contributed by atoms with Crippen LogP contribution >= 0.6 is 11.3 Å². The third-order valence-electron chi connectivity index (χ3n) is 10.5. The van der Waals surface area contributed by atoms with E-state index in [9.17, 15) is 0 Å². The number of hydrogen-bond donors (Lipinski definition) is 0. The Morgan fingerprint density at radius 1 is 0.373 bits per heavy atom. The largest absolute Gasteiger partial charge is 0.455 e. The van der Waals surface area contributed by atoms with Crippen LogP contribution in [0, 0.1) is 0 Å². The summed E-state index contributed by atoms with van der Waals surface area (Å²) in [5.41, 5.74) is 7.40. The maximum Gasteiger partial charge on any atom is 0.145 e. The summed E-state index contributed by atoms with van der Waals surface area (Å²) in [5, 5.41) is 12.1. The molecule has 9 aromatic carbocycles. The number of anilines is 3. The first kappa shape index (κ1) is 28.4. The molecule has 2 nitrogen and oxygen atoms in total. The van der Waals surface area contributed by atoms with Gasteiger partial charge in [-0.3, -0.25) is 0 Å². The Kier molecular flexibility index (Phi) is 6.16. The molecule has 0 amide bonds. The Labute approximate surface area is 298 Å². The Balaban J connectivity index is 1.29. The normalized spacial score (nSPS) is 11.9. The summed E-state index contributed by atoms with van der Waals surface area (Å²) in [7, 11) is 0. The van der Waals surface area contributed by atoms with E-state index in [0.717, 1.165) is 44.6 Å². The van der Waals surface area contributed by atoms with Crippen molar-refractivity contribution < 1.29 is 4.42 Å². The summed E-state index contributed by atoms with van der Waals surface area (Å²) >= 11 is 1.86. The average Bonchev–Trinajstić information content (AvgIpc) is 3.78. The minimum Gasteiger partial charge on any atom is -0.455 e. The van der Waals surface area contributed by atoms with E-state index in [0.29, 0.717) is 0 Å². The highest BCUT2D eigenvalue weighted by molar-refractivity contribution is 7.26. The van der Waals surface area contributed by atoms with Gasteiger partial charge in [0.25, 0.3) is 0 Å². The highest BCUT2D eigenvalue weighted by atomic mass is 32.1. The third kappa shape index (κ3) is 4.22. The van der Waals surface area contributed by atoms with Crippen molar-refractivity contribution in [3.8, 4) is 11.1 Å². The van der Waals surface area contributed by atoms with Gasteiger partial charge >= 0.3 is 0 Å². The SMILES string of the molecule is c1ccc2c(-c3ccc(N(c4cccc5c4ccc4ccccc45)c4cccc5c4sc4ccccc45)c4c3oc3ccccc34)cccc2c1. The van der Waals surface area contributed by atoms with E-state index < -0.39 is 0 Å². The van der Waals surface area contributed by atoms with Gasteiger partial charge < -0.3 is 9.32 Å². The Morgan fingerprint density at radius 2 is 1.02 bits per heavy atom. The molecule has 238 valence electrons. The highest BCUT2D eigenvalue weighted by Gasteiger charge is 2.25. The number of fused-ring (bicyclic) bond motifs is 10. The van der Waals surface area contributed by atoms with Gasteiger partial charge in [0, 0.05) is 31.8 Å². The number of rotatable bonds is 4. The molecule has 11 aromatic rings. The van der Waals surface area contributed by atoms with E-state index in [4.69, 9.17) is 4.42 Å². The van der Waals surface area contributed by atoms with E-state index in [-0.39, 0.29) is 0 Å². The molecule has 0 unspecified atom stereocenters. The van der Waals surface area contributed by atoms with Crippen LogP contribution in [0.1, 0.15) is 0 Å². The topological polar surface area (TPSA) is 16.4 Å². The molecule has 0 saturated heterocycles. The molecule has 0 spiro atoms. The van der Waals surface area contributed by atoms with Crippen LogP contribution in [0.5, 0.6) is 0 Å². The van der Waals surface area contributed by atoms with E-state index in [2.05, 4.69) is 181 Å². The Morgan fingerprint density at radius 3 is 1.90 bits per heavy atom. The zero-order valence-electron chi connectivity index (χ0n) is 27.5. The van der Waals surface area contributed by atoms with Gasteiger partial charge in [0.15, 0.2) is 0 Å². The van der Waals surface area contributed by atoms with E-state index in [1.54, 1.807) is 0 Å². The minimum absolute atomic E-state index is 0.880. The summed E-state index contributed by atoms with van der Waals surface area (Å²) in [6.45, 7) is 0. The third-order valence-corrected chi connectivity index (χ3v) is 11.7. The maximum atomic E-state index is 6.91. The first-order valence-electron chi connectivity index (χ1n) is 17.4. The first-order valence-corrected chi connectivity index (χ1v) is 18.2. The summed E-state index contributed by atoms with van der Waals surface area (Å²) in [6.07, 6.45) is 0. The molecule has 11 rings (SSSR count). The van der Waals surface area contributed by atoms with Gasteiger partial charge in [0.05, 0.1) is 27.1 Å². The van der Waals surface area contributed by atoms with Crippen LogP contribution in [0.3, 0.4) is 0 Å². The molecular weight excluding hydrogens is 639 g/mol. The highest BCUT2D eigenvalue weighted by Crippen LogP contribution is 2.51. The van der Waals surface area contributed by atoms with Gasteiger partial charge in [-0.2, -0.15) is 0 Å². The number of thiophene rings is 1. The van der Waals surface area contributed by atoms with Crippen molar-refractivity contribution in [2.75, 3.05) is 4.90 Å². The fraction of sp³-hybridized carbons (Fsp3) is 0. The second-order valence-corrected chi connectivity index (χ2v) is 14.3. The van der Waals surface area contributed by atoms with E-state index in [1.165, 1.54) is 58.1 Å². The van der Waals surface area contributed by atoms with E-state index >= 15 is 0 Å². The van der Waals surface area contributed by atoms with Gasteiger partial charge in [0.2, 0.25) is 0 Å². The quantitative estimate of drug-likeness (QED) is 0.174. The predicted octanol–water partition coefficient (Wildman–Crippen LogP) is 14.6. The number of para-hydroxylation sites is 1. The van der Waals surface area contributed by atoms with Gasteiger partial charge in [-0.05, 0) is 68.9 Å². The molecule has 0 atom stereocenters. The van der Waals surface area contributed by atoms with Crippen LogP contribution in [0.15, 0.2) is 180 Å². The van der Waals surface area contributed by atoms with Crippen LogP contribution in [-0.4, -0.2) is 0 Å². The molecule has 0 bridgehead atoms. The molecular formula is C48H29NOS. The van der Waals surface area contributed by atoms with Crippen molar-refractivity contribution in [3.05, 3.63) is 176 Å². The lowest BCUT2D eigenvalue weighted by Gasteiger charge is -2.28. The zero-order valence-corrected chi connectivity index (χ0v) is 28.3. The van der Waals surface area contributed by atoms with Crippen molar-refractivity contribution in [1.29, 1.82) is 0 Å². The van der Waals surface area contributed by atoms with Crippen LogP contribution in [-0.2, 0) is 0 Å². The summed E-state index contributed by atoms with van der Waals surface area (Å²) in [6, 6.07) is 63.7. The predicted molar refractivity (Wildman–Crippen MR) is 219 cm³/mol. The van der Waals surface area contributed by atoms with Crippen molar-refractivity contribution in [2.24, 2.45) is 0 Å². The molecule has 0 fully saturated rings. The molecule has 0 radical (unpaired) electrons. The van der Waals surface area contributed by atoms with Crippen LogP contribution in [0.4, 0.5) is 17.1 Å². The monoisotopic (exact) mass is 667 g/mol. The second kappa shape index (κ2) is 11.0. The number of benzene rings is 9. The van der Waals surface area contributed by atoms with Gasteiger partial charge in [-0.15, -0.1) is 11.3 Å². The molecule has 0 N–H and O–H groups in total. The number of nitrogens with zero attached hydrogens (tertiary/aromatic N) is 1. The standard InChI is InChI=1S/C48H29NOS/c1-3-15-32-30(12-1)14-9-19-35(32)38-28-29-42(46-40-18-5-7-24-44(40)50-47(38)46)49(43-23-11-21-39-37-17-6-8-25-45(37)51-48(39)43)41-22-10-20-34-33-16-4-2-13-31(33)26-27-36(34)41/h1-29H. The van der Waals surface area contributed by atoms with Gasteiger partial charge in [0.1, 0.15) is 11.2 Å². The number of furan rings is 1. The molecule has 0 aliphatic heterocycles. The summed E-state index contributed by atoms with van der Waals surface area (Å²) < 4.78 is 9.45. The summed E-state index contributed by atoms with van der Waals surface area (Å²) in [5.74, 6) is 0. The molecule has 0 aliphatic carbocycles. The van der Waals surface area contributed by atoms with E-state index in [1.807, 2.05) is 11.3 Å². The minimum atomic E-state index is 0.880. The van der Waals surface area contributed by atoms with Crippen molar-refractivity contribution in [2.45, 2.75) is 0 Å². The lowest BCUT2D eigenvalue weighted by Crippen LogP contribution is -2.11. The fourth-order valence-electron chi connectivity index (χ4n) is 8.19. The van der Waals surface area contributed by atoms with Crippen molar-refractivity contribution in [1.82, 2.24) is 0 Å². The Bertz CT molecular complexity index is 3160. The first-order chi connectivity index (χ1) is 25.3. The van der Waals surface area contributed by atoms with Gasteiger partial charge in [-0.1, -0.05) is 140 Å². The molecule has 0 aliphatic rings. The van der Waals surface area contributed by atoms with Crippen molar-refractivity contribution in [3.63, 3.8) is 0 Å². The average molecular weight is 668 g/mol. The lowest BCUT2D eigenvalue weighted by atomic mass is 9.95. The van der Waals surface area contributed by atoms with Crippen molar-refractivity contribution >= 4 is 103 Å². The lowest BCUT2D eigenvalue weighted by molar-refractivity contribution is 0.670. The zero-order chi connectivity index (χ0) is 33.5. The number of hydrogen-bond acceptors (Lipinski definition) is 3. The molecule has 2 heterocycles. The van der Waals surface area contributed by atoms with Crippen LogP contribution < -0.4 is 4.90 Å². The van der Waals surface area contributed by atoms with Gasteiger partial charge in [-0.25, -0.2) is 0 Å². The fourth-order valence-corrected chi connectivity index (χ4v) is 9.39. The van der Waals surface area contributed by atoms with Crippen LogP contribution in [0.2, 0.25) is 0 Å². The second-order valence-electron chi connectivity index (χ2n) is 13.2. The molecule has 3 heteroatoms. The molecule has 2 aromatic heterocycles. The smallest absolute Gasteiger partial charge is 0.145 e. The Hall–Kier alpha value is -6.42. The molecule has 0 saturated carbocycles. The van der Waals surface area contributed by atoms with Crippen LogP contribution in [0.25, 0.3) is 85.6 Å². The maximum absolute atomic E-state index is 6.91. The summed E-state index contributed by atoms with van der Waals surface area (Å²) in [4.78, 5) is 2.49. The molecule has 51 heavy (non-hydrogen) atoms.